The Labute approximate surface area is 177 Å². The molecular weight excluding hydrogens is 415 g/mol. The Hall–Kier alpha value is -3.08. The minimum atomic E-state index is -4.76. The van der Waals surface area contributed by atoms with Gasteiger partial charge in [0.1, 0.15) is 5.75 Å². The smallest absolute Gasteiger partial charge is 0.406 e. The van der Waals surface area contributed by atoms with Gasteiger partial charge in [-0.1, -0.05) is 0 Å². The SMILES string of the molecule is O=C(c1ccc(OC(F)(F)F)cc1)N1CCN(c2cnnc(N3CCOCC3)c2)CC1. The Morgan fingerprint density at radius 1 is 0.968 bits per heavy atom. The summed E-state index contributed by atoms with van der Waals surface area (Å²) >= 11 is 0. The summed E-state index contributed by atoms with van der Waals surface area (Å²) < 4.78 is 46.1. The molecule has 4 rings (SSSR count). The second kappa shape index (κ2) is 8.96. The summed E-state index contributed by atoms with van der Waals surface area (Å²) in [5.74, 6) is 0.232. The van der Waals surface area contributed by atoms with Crippen molar-refractivity contribution in [2.75, 3.05) is 62.3 Å². The summed E-state index contributed by atoms with van der Waals surface area (Å²) in [4.78, 5) is 18.7. The van der Waals surface area contributed by atoms with Gasteiger partial charge in [0.2, 0.25) is 0 Å². The molecule has 31 heavy (non-hydrogen) atoms. The monoisotopic (exact) mass is 437 g/mol. The van der Waals surface area contributed by atoms with Crippen LogP contribution in [0.5, 0.6) is 5.75 Å². The van der Waals surface area contributed by atoms with Crippen molar-refractivity contribution in [1.29, 1.82) is 0 Å². The first kappa shape index (κ1) is 21.2. The molecule has 0 atom stereocenters. The Morgan fingerprint density at radius 2 is 1.65 bits per heavy atom. The molecule has 2 aromatic rings. The fourth-order valence-electron chi connectivity index (χ4n) is 3.61. The van der Waals surface area contributed by atoms with Gasteiger partial charge in [0.25, 0.3) is 5.91 Å². The molecule has 1 amide bonds. The second-order valence-corrected chi connectivity index (χ2v) is 7.22. The van der Waals surface area contributed by atoms with Crippen LogP contribution in [0, 0.1) is 0 Å². The number of aromatic nitrogens is 2. The molecule has 0 bridgehead atoms. The van der Waals surface area contributed by atoms with Crippen molar-refractivity contribution in [1.82, 2.24) is 15.1 Å². The van der Waals surface area contributed by atoms with Gasteiger partial charge in [-0.2, -0.15) is 5.10 Å². The lowest BCUT2D eigenvalue weighted by Gasteiger charge is -2.36. The number of hydrogen-bond acceptors (Lipinski definition) is 7. The van der Waals surface area contributed by atoms with Crippen LogP contribution < -0.4 is 14.5 Å². The molecule has 166 valence electrons. The topological polar surface area (TPSA) is 71.0 Å². The van der Waals surface area contributed by atoms with Crippen molar-refractivity contribution in [3.05, 3.63) is 42.1 Å². The maximum absolute atomic E-state index is 12.7. The number of rotatable bonds is 4. The van der Waals surface area contributed by atoms with E-state index < -0.39 is 6.36 Å². The lowest BCUT2D eigenvalue weighted by Crippen LogP contribution is -2.49. The molecule has 1 aromatic heterocycles. The first-order valence-electron chi connectivity index (χ1n) is 9.94. The number of carbonyl (C=O) groups is 1. The van der Waals surface area contributed by atoms with Crippen molar-refractivity contribution in [2.45, 2.75) is 6.36 Å². The standard InChI is InChI=1S/C20H22F3N5O3/c21-20(22,23)31-17-3-1-15(2-4-17)19(29)28-7-5-26(6-8-28)16-13-18(25-24-14-16)27-9-11-30-12-10-27/h1-4,13-14H,5-12H2. The molecular formula is C20H22F3N5O3. The number of piperazine rings is 1. The number of morpholine rings is 1. The molecule has 2 fully saturated rings. The van der Waals surface area contributed by atoms with Gasteiger partial charge in [0.05, 0.1) is 25.1 Å². The third-order valence-electron chi connectivity index (χ3n) is 5.23. The van der Waals surface area contributed by atoms with Gasteiger partial charge in [-0.25, -0.2) is 0 Å². The molecule has 1 aromatic carbocycles. The summed E-state index contributed by atoms with van der Waals surface area (Å²) in [6.45, 7) is 5.10. The summed E-state index contributed by atoms with van der Waals surface area (Å²) in [5, 5.41) is 8.34. The van der Waals surface area contributed by atoms with Crippen LogP contribution in [0.2, 0.25) is 0 Å². The van der Waals surface area contributed by atoms with E-state index >= 15 is 0 Å². The van der Waals surface area contributed by atoms with E-state index in [-0.39, 0.29) is 11.7 Å². The molecule has 0 spiro atoms. The van der Waals surface area contributed by atoms with Crippen LogP contribution in [0.3, 0.4) is 0 Å². The number of alkyl halides is 3. The van der Waals surface area contributed by atoms with Gasteiger partial charge in [0, 0.05) is 50.9 Å². The van der Waals surface area contributed by atoms with E-state index in [1.807, 2.05) is 6.07 Å². The van der Waals surface area contributed by atoms with Crippen molar-refractivity contribution in [2.24, 2.45) is 0 Å². The maximum Gasteiger partial charge on any atom is 0.573 e. The van der Waals surface area contributed by atoms with Crippen LogP contribution in [0.15, 0.2) is 36.5 Å². The van der Waals surface area contributed by atoms with Gasteiger partial charge in [-0.05, 0) is 24.3 Å². The fourth-order valence-corrected chi connectivity index (χ4v) is 3.61. The third kappa shape index (κ3) is 5.35. The van der Waals surface area contributed by atoms with Crippen LogP contribution in [0.4, 0.5) is 24.7 Å². The Bertz CT molecular complexity index is 896. The zero-order valence-corrected chi connectivity index (χ0v) is 16.7. The number of nitrogens with zero attached hydrogens (tertiary/aromatic N) is 5. The highest BCUT2D eigenvalue weighted by Crippen LogP contribution is 2.24. The van der Waals surface area contributed by atoms with E-state index in [1.165, 1.54) is 12.1 Å². The van der Waals surface area contributed by atoms with E-state index in [9.17, 15) is 18.0 Å². The van der Waals surface area contributed by atoms with Crippen molar-refractivity contribution < 1.29 is 27.4 Å². The Balaban J connectivity index is 1.35. The average molecular weight is 437 g/mol. The number of halogens is 3. The van der Waals surface area contributed by atoms with Crippen LogP contribution in [0.25, 0.3) is 0 Å². The van der Waals surface area contributed by atoms with Crippen molar-refractivity contribution >= 4 is 17.4 Å². The first-order chi connectivity index (χ1) is 14.9. The third-order valence-corrected chi connectivity index (χ3v) is 5.23. The van der Waals surface area contributed by atoms with Crippen LogP contribution in [-0.4, -0.2) is 79.8 Å². The predicted octanol–water partition coefficient (Wildman–Crippen LogP) is 2.17. The average Bonchev–Trinajstić information content (AvgIpc) is 2.79. The number of anilines is 2. The van der Waals surface area contributed by atoms with Crippen LogP contribution in [-0.2, 0) is 4.74 Å². The zero-order valence-electron chi connectivity index (χ0n) is 16.7. The first-order valence-corrected chi connectivity index (χ1v) is 9.94. The molecule has 0 N–H and O–H groups in total. The number of hydrogen-bond donors (Lipinski definition) is 0. The van der Waals surface area contributed by atoms with Crippen LogP contribution >= 0.6 is 0 Å². The van der Waals surface area contributed by atoms with E-state index in [0.717, 1.165) is 36.7 Å². The van der Waals surface area contributed by atoms with Gasteiger partial charge in [-0.3, -0.25) is 4.79 Å². The molecule has 0 radical (unpaired) electrons. The predicted molar refractivity (Wildman–Crippen MR) is 106 cm³/mol. The lowest BCUT2D eigenvalue weighted by molar-refractivity contribution is -0.274. The summed E-state index contributed by atoms with van der Waals surface area (Å²) in [6, 6.07) is 6.98. The highest BCUT2D eigenvalue weighted by molar-refractivity contribution is 5.94. The normalized spacial score (nSPS) is 17.6. The number of amides is 1. The van der Waals surface area contributed by atoms with E-state index in [1.54, 1.807) is 11.1 Å². The summed E-state index contributed by atoms with van der Waals surface area (Å²) in [6.07, 6.45) is -3.05. The van der Waals surface area contributed by atoms with Crippen molar-refractivity contribution in [3.8, 4) is 5.75 Å². The van der Waals surface area contributed by atoms with E-state index in [2.05, 4.69) is 24.7 Å². The molecule has 3 heterocycles. The quantitative estimate of drug-likeness (QED) is 0.726. The van der Waals surface area contributed by atoms with Gasteiger partial charge in [0.15, 0.2) is 5.82 Å². The van der Waals surface area contributed by atoms with Gasteiger partial charge in [-0.15, -0.1) is 18.3 Å². The minimum Gasteiger partial charge on any atom is -0.406 e. The summed E-state index contributed by atoms with van der Waals surface area (Å²) in [5.41, 5.74) is 1.26. The zero-order chi connectivity index (χ0) is 21.8. The molecule has 2 saturated heterocycles. The molecule has 0 unspecified atom stereocenters. The van der Waals surface area contributed by atoms with E-state index in [4.69, 9.17) is 4.74 Å². The highest BCUT2D eigenvalue weighted by Gasteiger charge is 2.31. The van der Waals surface area contributed by atoms with Crippen LogP contribution in [0.1, 0.15) is 10.4 Å². The molecule has 2 aliphatic heterocycles. The van der Waals surface area contributed by atoms with Gasteiger partial charge < -0.3 is 24.2 Å². The number of ether oxygens (including phenoxy) is 2. The molecule has 11 heteroatoms. The lowest BCUT2D eigenvalue weighted by atomic mass is 10.1. The molecule has 2 aliphatic rings. The summed E-state index contributed by atoms with van der Waals surface area (Å²) in [7, 11) is 0. The fraction of sp³-hybridized carbons (Fsp3) is 0.450. The molecule has 0 saturated carbocycles. The minimum absolute atomic E-state index is 0.222. The Morgan fingerprint density at radius 3 is 2.29 bits per heavy atom. The maximum atomic E-state index is 12.7. The van der Waals surface area contributed by atoms with E-state index in [0.29, 0.717) is 45.0 Å². The number of benzene rings is 1. The van der Waals surface area contributed by atoms with Gasteiger partial charge >= 0.3 is 6.36 Å². The molecule has 0 aliphatic carbocycles. The number of carbonyl (C=O) groups excluding carboxylic acids is 1. The largest absolute Gasteiger partial charge is 0.573 e. The Kier molecular flexibility index (Phi) is 6.12. The van der Waals surface area contributed by atoms with Crippen molar-refractivity contribution in [3.63, 3.8) is 0 Å². The molecule has 8 nitrogen and oxygen atoms in total. The highest BCUT2D eigenvalue weighted by atomic mass is 19.4. The second-order valence-electron chi connectivity index (χ2n) is 7.22.